The number of nitriles is 1. The molecule has 0 spiro atoms. The molecule has 0 unspecified atom stereocenters. The van der Waals surface area contributed by atoms with Gasteiger partial charge in [-0.2, -0.15) is 10.4 Å². The summed E-state index contributed by atoms with van der Waals surface area (Å²) in [6, 6.07) is 9.40. The van der Waals surface area contributed by atoms with Gasteiger partial charge in [-0.3, -0.25) is 14.7 Å². The summed E-state index contributed by atoms with van der Waals surface area (Å²) in [6.45, 7) is 0. The SMILES string of the molecule is N#C[C@@H](NC(=O)c1n[nH]c2ccccc2c1=O)c1ccc(F)cc1F. The Morgan fingerprint density at radius 1 is 1.24 bits per heavy atom. The number of fused-ring (bicyclic) bond motifs is 1. The Balaban J connectivity index is 1.95. The molecule has 0 saturated carbocycles. The molecule has 1 heterocycles. The van der Waals surface area contributed by atoms with Crippen LogP contribution in [0.3, 0.4) is 0 Å². The molecule has 3 aromatic rings. The fourth-order valence-corrected chi connectivity index (χ4v) is 2.34. The lowest BCUT2D eigenvalue weighted by Crippen LogP contribution is -2.33. The van der Waals surface area contributed by atoms with Gasteiger partial charge in [0.2, 0.25) is 5.43 Å². The van der Waals surface area contributed by atoms with Crippen molar-refractivity contribution in [3.05, 3.63) is 75.6 Å². The van der Waals surface area contributed by atoms with E-state index in [2.05, 4.69) is 15.5 Å². The van der Waals surface area contributed by atoms with Gasteiger partial charge in [0.05, 0.1) is 11.6 Å². The van der Waals surface area contributed by atoms with Crippen LogP contribution >= 0.6 is 0 Å². The van der Waals surface area contributed by atoms with Gasteiger partial charge in [0.1, 0.15) is 17.7 Å². The summed E-state index contributed by atoms with van der Waals surface area (Å²) in [5, 5.41) is 17.9. The van der Waals surface area contributed by atoms with E-state index in [1.54, 1.807) is 24.3 Å². The first-order chi connectivity index (χ1) is 12.0. The molecule has 0 saturated heterocycles. The van der Waals surface area contributed by atoms with Crippen LogP contribution in [0.5, 0.6) is 0 Å². The maximum Gasteiger partial charge on any atom is 0.277 e. The number of carbonyl (C=O) groups is 1. The van der Waals surface area contributed by atoms with Crippen LogP contribution in [0.25, 0.3) is 10.9 Å². The number of para-hydroxylation sites is 1. The largest absolute Gasteiger partial charge is 0.331 e. The smallest absolute Gasteiger partial charge is 0.277 e. The first kappa shape index (κ1) is 16.3. The van der Waals surface area contributed by atoms with E-state index < -0.39 is 34.7 Å². The summed E-state index contributed by atoms with van der Waals surface area (Å²) in [7, 11) is 0. The minimum Gasteiger partial charge on any atom is -0.331 e. The second-order valence-electron chi connectivity index (χ2n) is 5.15. The quantitative estimate of drug-likeness (QED) is 0.763. The number of amides is 1. The summed E-state index contributed by atoms with van der Waals surface area (Å²) in [5.74, 6) is -2.73. The number of benzene rings is 2. The van der Waals surface area contributed by atoms with Crippen LogP contribution in [-0.2, 0) is 0 Å². The number of halogens is 2. The summed E-state index contributed by atoms with van der Waals surface area (Å²) in [4.78, 5) is 24.6. The number of hydrogen-bond donors (Lipinski definition) is 2. The standard InChI is InChI=1S/C17H10F2N4O2/c18-9-5-6-10(12(19)7-9)14(8-20)21-17(25)15-16(24)11-3-1-2-4-13(11)22-23-15/h1-7,14H,(H,21,25)(H,22,24)/t14-/m1/s1. The number of nitrogens with one attached hydrogen (secondary N) is 2. The molecule has 124 valence electrons. The summed E-state index contributed by atoms with van der Waals surface area (Å²) >= 11 is 0. The summed E-state index contributed by atoms with van der Waals surface area (Å²) < 4.78 is 26.8. The highest BCUT2D eigenvalue weighted by Gasteiger charge is 2.22. The Hall–Kier alpha value is -3.60. The van der Waals surface area contributed by atoms with Crippen LogP contribution < -0.4 is 10.7 Å². The first-order valence-corrected chi connectivity index (χ1v) is 7.14. The predicted octanol–water partition coefficient (Wildman–Crippen LogP) is 2.20. The molecule has 1 amide bonds. The molecular formula is C17H10F2N4O2. The van der Waals surface area contributed by atoms with Crippen LogP contribution in [0.15, 0.2) is 47.3 Å². The Morgan fingerprint density at radius 2 is 2.00 bits per heavy atom. The van der Waals surface area contributed by atoms with Gasteiger partial charge in [0.15, 0.2) is 5.69 Å². The van der Waals surface area contributed by atoms with Gasteiger partial charge in [0, 0.05) is 17.0 Å². The molecular weight excluding hydrogens is 330 g/mol. The summed E-state index contributed by atoms with van der Waals surface area (Å²) in [5.41, 5.74) is -0.843. The van der Waals surface area contributed by atoms with Crippen LogP contribution in [0.4, 0.5) is 8.78 Å². The first-order valence-electron chi connectivity index (χ1n) is 7.14. The third-order valence-corrected chi connectivity index (χ3v) is 3.57. The number of aromatic nitrogens is 2. The molecule has 3 rings (SSSR count). The van der Waals surface area contributed by atoms with Crippen molar-refractivity contribution in [3.63, 3.8) is 0 Å². The lowest BCUT2D eigenvalue weighted by atomic mass is 10.1. The van der Waals surface area contributed by atoms with E-state index in [1.165, 1.54) is 6.07 Å². The molecule has 6 nitrogen and oxygen atoms in total. The Morgan fingerprint density at radius 3 is 2.72 bits per heavy atom. The van der Waals surface area contributed by atoms with Crippen LogP contribution in [0.1, 0.15) is 22.1 Å². The van der Waals surface area contributed by atoms with Gasteiger partial charge in [0.25, 0.3) is 5.91 Å². The highest BCUT2D eigenvalue weighted by Crippen LogP contribution is 2.18. The molecule has 2 aromatic carbocycles. The molecule has 0 aliphatic heterocycles. The van der Waals surface area contributed by atoms with Crippen molar-refractivity contribution < 1.29 is 13.6 Å². The lowest BCUT2D eigenvalue weighted by Gasteiger charge is -2.12. The van der Waals surface area contributed by atoms with Crippen molar-refractivity contribution in [3.8, 4) is 6.07 Å². The van der Waals surface area contributed by atoms with Crippen LogP contribution in [0.2, 0.25) is 0 Å². The Bertz CT molecular complexity index is 1070. The minimum absolute atomic E-state index is 0.213. The highest BCUT2D eigenvalue weighted by molar-refractivity contribution is 5.95. The highest BCUT2D eigenvalue weighted by atomic mass is 19.1. The van der Waals surface area contributed by atoms with Gasteiger partial charge >= 0.3 is 0 Å². The number of nitrogens with zero attached hydrogens (tertiary/aromatic N) is 2. The molecule has 0 aliphatic rings. The van der Waals surface area contributed by atoms with Crippen molar-refractivity contribution in [2.75, 3.05) is 0 Å². The second kappa shape index (κ2) is 6.49. The van der Waals surface area contributed by atoms with Gasteiger partial charge in [-0.25, -0.2) is 8.78 Å². The van der Waals surface area contributed by atoms with Gasteiger partial charge < -0.3 is 5.32 Å². The van der Waals surface area contributed by atoms with Crippen LogP contribution in [-0.4, -0.2) is 16.1 Å². The number of rotatable bonds is 3. The minimum atomic E-state index is -1.40. The van der Waals surface area contributed by atoms with Crippen molar-refractivity contribution in [1.82, 2.24) is 15.5 Å². The maximum atomic E-state index is 13.8. The van der Waals surface area contributed by atoms with E-state index in [9.17, 15) is 23.6 Å². The fraction of sp³-hybridized carbons (Fsp3) is 0.0588. The summed E-state index contributed by atoms with van der Waals surface area (Å²) in [6.07, 6.45) is 0. The molecule has 0 fully saturated rings. The third kappa shape index (κ3) is 3.07. The zero-order valence-electron chi connectivity index (χ0n) is 12.6. The van der Waals surface area contributed by atoms with Crippen molar-refractivity contribution >= 4 is 16.8 Å². The Kier molecular flexibility index (Phi) is 4.22. The van der Waals surface area contributed by atoms with Crippen LogP contribution in [0, 0.1) is 23.0 Å². The molecule has 0 aliphatic carbocycles. The van der Waals surface area contributed by atoms with E-state index in [0.717, 1.165) is 12.1 Å². The molecule has 25 heavy (non-hydrogen) atoms. The number of hydrogen-bond acceptors (Lipinski definition) is 4. The normalized spacial score (nSPS) is 11.7. The third-order valence-electron chi connectivity index (χ3n) is 3.57. The van der Waals surface area contributed by atoms with E-state index in [0.29, 0.717) is 11.6 Å². The zero-order chi connectivity index (χ0) is 18.0. The molecule has 0 bridgehead atoms. The maximum absolute atomic E-state index is 13.8. The van der Waals surface area contributed by atoms with E-state index in [4.69, 9.17) is 0 Å². The zero-order valence-corrected chi connectivity index (χ0v) is 12.6. The van der Waals surface area contributed by atoms with Gasteiger partial charge in [-0.1, -0.05) is 18.2 Å². The van der Waals surface area contributed by atoms with E-state index >= 15 is 0 Å². The van der Waals surface area contributed by atoms with Crippen molar-refractivity contribution in [1.29, 1.82) is 5.26 Å². The lowest BCUT2D eigenvalue weighted by molar-refractivity contribution is 0.0938. The number of aromatic amines is 1. The Labute approximate surface area is 139 Å². The molecule has 2 N–H and O–H groups in total. The van der Waals surface area contributed by atoms with E-state index in [1.807, 2.05) is 0 Å². The second-order valence-corrected chi connectivity index (χ2v) is 5.15. The van der Waals surface area contributed by atoms with Crippen molar-refractivity contribution in [2.45, 2.75) is 6.04 Å². The molecule has 0 radical (unpaired) electrons. The van der Waals surface area contributed by atoms with Crippen molar-refractivity contribution in [2.24, 2.45) is 0 Å². The molecule has 1 aromatic heterocycles. The molecule has 1 atom stereocenters. The fourth-order valence-electron chi connectivity index (χ4n) is 2.34. The van der Waals surface area contributed by atoms with Gasteiger partial charge in [-0.05, 0) is 18.2 Å². The monoisotopic (exact) mass is 340 g/mol. The number of carbonyl (C=O) groups excluding carboxylic acids is 1. The molecule has 8 heteroatoms. The van der Waals surface area contributed by atoms with Gasteiger partial charge in [-0.15, -0.1) is 0 Å². The number of H-pyrrole nitrogens is 1. The predicted molar refractivity (Wildman–Crippen MR) is 84.5 cm³/mol. The van der Waals surface area contributed by atoms with E-state index in [-0.39, 0.29) is 10.9 Å². The average Bonchev–Trinajstić information content (AvgIpc) is 2.60. The topological polar surface area (TPSA) is 98.6 Å². The average molecular weight is 340 g/mol.